The van der Waals surface area contributed by atoms with Gasteiger partial charge < -0.3 is 65.1 Å². The molecule has 2 heterocycles. The first-order valence-corrected chi connectivity index (χ1v) is 28.4. The minimum absolute atomic E-state index is 0.235. The fourth-order valence-electron chi connectivity index (χ4n) is 9.59. The number of nitrogens with one attached hydrogen (secondary N) is 1. The third-order valence-electron chi connectivity index (χ3n) is 14.2. The van der Waals surface area contributed by atoms with Gasteiger partial charge in [-0.1, -0.05) is 225 Å². The van der Waals surface area contributed by atoms with Gasteiger partial charge in [0, 0.05) is 6.42 Å². The molecule has 0 spiro atoms. The van der Waals surface area contributed by atoms with Crippen LogP contribution in [0.5, 0.6) is 0 Å². The topological polar surface area (TPSA) is 228 Å². The number of carbonyl (C=O) groups excluding carboxylic acids is 1. The van der Waals surface area contributed by atoms with Crippen LogP contribution in [0.3, 0.4) is 0 Å². The minimum atomic E-state index is -1.78. The van der Waals surface area contributed by atoms with E-state index >= 15 is 0 Å². The molecule has 0 aromatic rings. The number of allylic oxidation sites excluding steroid dienone is 1. The minimum Gasteiger partial charge on any atom is -0.394 e. The summed E-state index contributed by atoms with van der Waals surface area (Å²) < 4.78 is 22.7. The van der Waals surface area contributed by atoms with Gasteiger partial charge in [0.05, 0.1) is 32.0 Å². The summed E-state index contributed by atoms with van der Waals surface area (Å²) in [6.45, 7) is 2.81. The Labute approximate surface area is 418 Å². The Balaban J connectivity index is 1.77. The molecule has 2 rings (SSSR count). The molecule has 14 heteroatoms. The summed E-state index contributed by atoms with van der Waals surface area (Å²) in [4.78, 5) is 13.2. The molecule has 9 N–H and O–H groups in total. The highest BCUT2D eigenvalue weighted by molar-refractivity contribution is 5.76. The average molecular weight is 988 g/mol. The third-order valence-corrected chi connectivity index (χ3v) is 14.2. The summed E-state index contributed by atoms with van der Waals surface area (Å²) in [5, 5.41) is 86.9. The predicted molar refractivity (Wildman–Crippen MR) is 272 cm³/mol. The van der Waals surface area contributed by atoms with Crippen LogP contribution < -0.4 is 5.32 Å². The highest BCUT2D eigenvalue weighted by Crippen LogP contribution is 2.30. The lowest BCUT2D eigenvalue weighted by Crippen LogP contribution is -2.65. The van der Waals surface area contributed by atoms with Gasteiger partial charge >= 0.3 is 0 Å². The van der Waals surface area contributed by atoms with Crippen molar-refractivity contribution in [2.75, 3.05) is 19.8 Å². The van der Waals surface area contributed by atoms with Crippen molar-refractivity contribution in [3.05, 3.63) is 12.2 Å². The Morgan fingerprint density at radius 2 is 0.899 bits per heavy atom. The van der Waals surface area contributed by atoms with Crippen LogP contribution in [0.4, 0.5) is 0 Å². The van der Waals surface area contributed by atoms with Crippen molar-refractivity contribution >= 4 is 5.91 Å². The van der Waals surface area contributed by atoms with Crippen molar-refractivity contribution in [2.24, 2.45) is 0 Å². The zero-order valence-corrected chi connectivity index (χ0v) is 43.6. The molecule has 0 aromatic heterocycles. The molecule has 12 atom stereocenters. The van der Waals surface area contributed by atoms with E-state index in [9.17, 15) is 45.6 Å². The summed E-state index contributed by atoms with van der Waals surface area (Å²) in [6.07, 6.45) is 29.6. The van der Waals surface area contributed by atoms with Crippen molar-refractivity contribution in [1.82, 2.24) is 5.32 Å². The van der Waals surface area contributed by atoms with Gasteiger partial charge in [0.25, 0.3) is 0 Å². The van der Waals surface area contributed by atoms with Gasteiger partial charge in [-0.2, -0.15) is 0 Å². The largest absolute Gasteiger partial charge is 0.394 e. The van der Waals surface area contributed by atoms with Gasteiger partial charge in [0.2, 0.25) is 5.91 Å². The second-order valence-electron chi connectivity index (χ2n) is 20.4. The molecule has 0 saturated carbocycles. The quantitative estimate of drug-likeness (QED) is 0.0206. The van der Waals surface area contributed by atoms with Crippen molar-refractivity contribution in [2.45, 2.75) is 312 Å². The maximum Gasteiger partial charge on any atom is 0.220 e. The third kappa shape index (κ3) is 28.7. The number of unbranched alkanes of at least 4 members (excludes halogenated alkanes) is 32. The van der Waals surface area contributed by atoms with E-state index < -0.39 is 86.8 Å². The van der Waals surface area contributed by atoms with Gasteiger partial charge in [-0.3, -0.25) is 4.79 Å². The Morgan fingerprint density at radius 1 is 0.507 bits per heavy atom. The molecule has 408 valence electrons. The Hall–Kier alpha value is -1.27. The van der Waals surface area contributed by atoms with Crippen molar-refractivity contribution in [3.8, 4) is 0 Å². The smallest absolute Gasteiger partial charge is 0.220 e. The van der Waals surface area contributed by atoms with Gasteiger partial charge in [0.1, 0.15) is 48.8 Å². The van der Waals surface area contributed by atoms with Crippen molar-refractivity contribution in [3.63, 3.8) is 0 Å². The Morgan fingerprint density at radius 3 is 1.33 bits per heavy atom. The van der Waals surface area contributed by atoms with Gasteiger partial charge in [0.15, 0.2) is 12.6 Å². The highest BCUT2D eigenvalue weighted by atomic mass is 16.7. The molecule has 2 aliphatic rings. The zero-order valence-electron chi connectivity index (χ0n) is 43.6. The maximum atomic E-state index is 13.2. The number of aliphatic hydroxyl groups is 8. The lowest BCUT2D eigenvalue weighted by Gasteiger charge is -2.46. The van der Waals surface area contributed by atoms with Crippen LogP contribution in [0, 0.1) is 0 Å². The summed E-state index contributed by atoms with van der Waals surface area (Å²) in [5.41, 5.74) is 0. The fourth-order valence-corrected chi connectivity index (χ4v) is 9.59. The number of aliphatic hydroxyl groups excluding tert-OH is 8. The molecule has 4 unspecified atom stereocenters. The van der Waals surface area contributed by atoms with Crippen LogP contribution in [0.15, 0.2) is 12.2 Å². The van der Waals surface area contributed by atoms with Gasteiger partial charge in [-0.05, 0) is 19.3 Å². The lowest BCUT2D eigenvalue weighted by molar-refractivity contribution is -0.359. The van der Waals surface area contributed by atoms with Crippen LogP contribution in [0.1, 0.15) is 239 Å². The summed E-state index contributed by atoms with van der Waals surface area (Å²) >= 11 is 0. The van der Waals surface area contributed by atoms with E-state index in [0.717, 1.165) is 38.5 Å². The van der Waals surface area contributed by atoms with E-state index in [2.05, 4.69) is 19.2 Å². The van der Waals surface area contributed by atoms with E-state index in [0.29, 0.717) is 6.42 Å². The lowest BCUT2D eigenvalue weighted by atomic mass is 9.97. The number of hydrogen-bond donors (Lipinski definition) is 9. The Bertz CT molecular complexity index is 1210. The molecule has 0 aliphatic carbocycles. The van der Waals surface area contributed by atoms with Crippen LogP contribution in [-0.2, 0) is 23.7 Å². The SMILES string of the molecule is CCCCCCCCCCCCCC/C=C/[C@@H](O)[C@H](CO[C@@H]1O[C@H](CO)[C@@H](O[C@@H]2O[C@H](CO)[C@H](O)C(O)C2O)C(O)C1O)NC(=O)CCCCCCCCCCCCCCCCCCCCCCC. The molecule has 0 bridgehead atoms. The normalized spacial score (nSPS) is 26.2. The monoisotopic (exact) mass is 988 g/mol. The molecule has 0 radical (unpaired) electrons. The molecule has 69 heavy (non-hydrogen) atoms. The van der Waals surface area contributed by atoms with Crippen LogP contribution in [-0.4, -0.2) is 140 Å². The molecule has 0 aromatic carbocycles. The van der Waals surface area contributed by atoms with E-state index in [1.54, 1.807) is 6.08 Å². The molecular weight excluding hydrogens is 883 g/mol. The van der Waals surface area contributed by atoms with Crippen molar-refractivity contribution < 1.29 is 64.6 Å². The van der Waals surface area contributed by atoms with Crippen LogP contribution in [0.2, 0.25) is 0 Å². The number of ether oxygens (including phenoxy) is 4. The Kier molecular flexibility index (Phi) is 39.0. The predicted octanol–water partition coefficient (Wildman–Crippen LogP) is 8.72. The first-order valence-electron chi connectivity index (χ1n) is 28.4. The van der Waals surface area contributed by atoms with Crippen LogP contribution >= 0.6 is 0 Å². The number of hydrogen-bond acceptors (Lipinski definition) is 13. The summed E-state index contributed by atoms with van der Waals surface area (Å²) in [5.74, 6) is -0.235. The molecule has 2 fully saturated rings. The first kappa shape index (κ1) is 63.8. The highest BCUT2D eigenvalue weighted by Gasteiger charge is 2.51. The van der Waals surface area contributed by atoms with E-state index in [1.165, 1.54) is 173 Å². The maximum absolute atomic E-state index is 13.2. The molecule has 2 aliphatic heterocycles. The summed E-state index contributed by atoms with van der Waals surface area (Å²) in [7, 11) is 0. The molecule has 2 saturated heterocycles. The van der Waals surface area contributed by atoms with Gasteiger partial charge in [-0.25, -0.2) is 0 Å². The molecule has 14 nitrogen and oxygen atoms in total. The number of carbonyl (C=O) groups is 1. The second-order valence-corrected chi connectivity index (χ2v) is 20.4. The van der Waals surface area contributed by atoms with E-state index in [-0.39, 0.29) is 18.9 Å². The van der Waals surface area contributed by atoms with Gasteiger partial charge in [-0.15, -0.1) is 0 Å². The van der Waals surface area contributed by atoms with Crippen molar-refractivity contribution in [1.29, 1.82) is 0 Å². The van der Waals surface area contributed by atoms with E-state index in [1.807, 2.05) is 6.08 Å². The first-order chi connectivity index (χ1) is 33.6. The molecule has 1 amide bonds. The average Bonchev–Trinajstić information content (AvgIpc) is 3.35. The van der Waals surface area contributed by atoms with E-state index in [4.69, 9.17) is 18.9 Å². The van der Waals surface area contributed by atoms with Crippen LogP contribution in [0.25, 0.3) is 0 Å². The standard InChI is InChI=1S/C55H105NO13/c1-3-5-7-9-11-13-15-17-19-20-21-22-23-24-25-27-29-31-33-35-37-39-47(60)56-43(44(59)38-36-34-32-30-28-26-18-16-14-12-10-8-6-4-2)42-66-54-52(65)50(63)53(46(41-58)68-54)69-55-51(64)49(62)48(61)45(40-57)67-55/h36,38,43-46,48-55,57-59,61-65H,3-35,37,39-42H2,1-2H3,(H,56,60)/b38-36+/t43-,44+,45+,46+,48-,49?,50?,51?,52?,53+,54+,55-/m0/s1. The molecular formula is C55H105NO13. The fraction of sp³-hybridized carbons (Fsp3) is 0.945. The number of rotatable bonds is 45. The zero-order chi connectivity index (χ0) is 50.3. The second kappa shape index (κ2) is 42.1. The summed E-state index contributed by atoms with van der Waals surface area (Å²) in [6, 6.07) is -0.908. The number of amides is 1.